The molecule has 154 valence electrons. The molecule has 7 nitrogen and oxygen atoms in total. The molecule has 1 aromatic carbocycles. The lowest BCUT2D eigenvalue weighted by molar-refractivity contribution is -0.132. The number of fused-ring (bicyclic) bond motifs is 1. The predicted molar refractivity (Wildman–Crippen MR) is 109 cm³/mol. The van der Waals surface area contributed by atoms with E-state index in [-0.39, 0.29) is 5.91 Å². The van der Waals surface area contributed by atoms with Gasteiger partial charge in [-0.15, -0.1) is 12.3 Å². The van der Waals surface area contributed by atoms with Crippen LogP contribution in [0.1, 0.15) is 43.2 Å². The molecule has 3 aliphatic rings. The molecule has 0 N–H and O–H groups in total. The number of carbonyl (C=O) groups excluding carboxylic acids is 1. The third kappa shape index (κ3) is 4.21. The Balaban J connectivity index is 1.31. The van der Waals surface area contributed by atoms with Gasteiger partial charge in [-0.2, -0.15) is 14.5 Å². The van der Waals surface area contributed by atoms with Crippen molar-refractivity contribution >= 4 is 15.9 Å². The summed E-state index contributed by atoms with van der Waals surface area (Å²) < 4.78 is 27.5. The first-order valence-electron chi connectivity index (χ1n) is 10.2. The number of sulfonamides is 1. The number of piperazine rings is 1. The molecule has 1 aliphatic carbocycles. The van der Waals surface area contributed by atoms with E-state index in [1.165, 1.54) is 9.87 Å². The molecule has 0 atom stereocenters. The minimum absolute atomic E-state index is 0.0250. The standard InChI is InChI=1S/C21H26N4O3S/c1-2-3-10-21(22-23-21)11-9-20(26)24-12-14-25(15-13-24)29(27,28)19-8-7-17-5-4-6-18(17)16-19/h1,7-8,16H,3-6,9-15H2. The molecule has 0 bridgehead atoms. The molecule has 0 radical (unpaired) electrons. The molecule has 1 fully saturated rings. The van der Waals surface area contributed by atoms with Crippen molar-refractivity contribution in [3.8, 4) is 12.3 Å². The number of amides is 1. The van der Waals surface area contributed by atoms with Gasteiger partial charge >= 0.3 is 0 Å². The summed E-state index contributed by atoms with van der Waals surface area (Å²) in [4.78, 5) is 14.6. The lowest BCUT2D eigenvalue weighted by atomic mass is 10.0. The molecule has 1 amide bonds. The Morgan fingerprint density at radius 3 is 2.52 bits per heavy atom. The van der Waals surface area contributed by atoms with Crippen LogP contribution in [0.2, 0.25) is 0 Å². The first-order chi connectivity index (χ1) is 13.9. The number of rotatable bonds is 7. The Kier molecular flexibility index (Phi) is 5.45. The van der Waals surface area contributed by atoms with Crippen LogP contribution in [0.15, 0.2) is 33.3 Å². The van der Waals surface area contributed by atoms with Crippen molar-refractivity contribution < 1.29 is 13.2 Å². The number of aryl methyl sites for hydroxylation is 2. The predicted octanol–water partition coefficient (Wildman–Crippen LogP) is 2.36. The minimum Gasteiger partial charge on any atom is -0.340 e. The van der Waals surface area contributed by atoms with Crippen LogP contribution < -0.4 is 0 Å². The quantitative estimate of drug-likeness (QED) is 0.642. The Hall–Kier alpha value is -2.24. The van der Waals surface area contributed by atoms with Crippen molar-refractivity contribution in [3.05, 3.63) is 29.3 Å². The highest BCUT2D eigenvalue weighted by Gasteiger charge is 2.40. The van der Waals surface area contributed by atoms with E-state index in [0.29, 0.717) is 56.8 Å². The van der Waals surface area contributed by atoms with Crippen molar-refractivity contribution in [1.29, 1.82) is 0 Å². The summed E-state index contributed by atoms with van der Waals surface area (Å²) in [6.45, 7) is 1.47. The smallest absolute Gasteiger partial charge is 0.243 e. The molecular weight excluding hydrogens is 388 g/mol. The number of terminal acetylenes is 1. The zero-order chi connectivity index (χ0) is 20.5. The second kappa shape index (κ2) is 7.88. The van der Waals surface area contributed by atoms with E-state index >= 15 is 0 Å². The van der Waals surface area contributed by atoms with Crippen LogP contribution >= 0.6 is 0 Å². The average molecular weight is 415 g/mol. The van der Waals surface area contributed by atoms with Crippen molar-refractivity contribution in [1.82, 2.24) is 9.21 Å². The van der Waals surface area contributed by atoms with Gasteiger partial charge in [-0.25, -0.2) is 8.42 Å². The summed E-state index contributed by atoms with van der Waals surface area (Å²) in [6.07, 6.45) is 10.6. The van der Waals surface area contributed by atoms with Crippen LogP contribution in [0, 0.1) is 12.3 Å². The van der Waals surface area contributed by atoms with Gasteiger partial charge in [-0.3, -0.25) is 4.79 Å². The summed E-state index contributed by atoms with van der Waals surface area (Å²) in [5.74, 6) is 2.61. The molecule has 1 aromatic rings. The maximum Gasteiger partial charge on any atom is 0.243 e. The van der Waals surface area contributed by atoms with Gasteiger partial charge in [0.25, 0.3) is 0 Å². The van der Waals surface area contributed by atoms with Crippen LogP contribution in [-0.2, 0) is 27.7 Å². The van der Waals surface area contributed by atoms with Gasteiger partial charge in [0.2, 0.25) is 15.9 Å². The van der Waals surface area contributed by atoms with Gasteiger partial charge in [0, 0.05) is 51.9 Å². The minimum atomic E-state index is -3.52. The van der Waals surface area contributed by atoms with Gasteiger partial charge < -0.3 is 4.90 Å². The monoisotopic (exact) mass is 414 g/mol. The fraction of sp³-hybridized carbons (Fsp3) is 0.571. The molecular formula is C21H26N4O3S. The first-order valence-corrected chi connectivity index (χ1v) is 11.6. The van der Waals surface area contributed by atoms with Gasteiger partial charge in [0.1, 0.15) is 0 Å². The average Bonchev–Trinajstić information content (AvgIpc) is 3.35. The third-order valence-corrected chi connectivity index (χ3v) is 7.99. The van der Waals surface area contributed by atoms with Gasteiger partial charge in [-0.05, 0) is 42.5 Å². The summed E-state index contributed by atoms with van der Waals surface area (Å²) in [5.41, 5.74) is 1.95. The van der Waals surface area contributed by atoms with Crippen molar-refractivity contribution in [2.24, 2.45) is 10.2 Å². The molecule has 29 heavy (non-hydrogen) atoms. The summed E-state index contributed by atoms with van der Waals surface area (Å²) in [5, 5.41) is 8.12. The van der Waals surface area contributed by atoms with E-state index in [1.807, 2.05) is 12.1 Å². The fourth-order valence-corrected chi connectivity index (χ4v) is 5.64. The molecule has 0 saturated carbocycles. The van der Waals surface area contributed by atoms with E-state index in [9.17, 15) is 13.2 Å². The number of carbonyl (C=O) groups is 1. The summed E-state index contributed by atoms with van der Waals surface area (Å²) in [6, 6.07) is 5.49. The van der Waals surface area contributed by atoms with E-state index in [1.54, 1.807) is 11.0 Å². The molecule has 2 aliphatic heterocycles. The van der Waals surface area contributed by atoms with E-state index in [4.69, 9.17) is 6.42 Å². The van der Waals surface area contributed by atoms with Crippen LogP contribution in [0.25, 0.3) is 0 Å². The fourth-order valence-electron chi connectivity index (χ4n) is 4.17. The molecule has 8 heteroatoms. The van der Waals surface area contributed by atoms with Crippen LogP contribution in [0.5, 0.6) is 0 Å². The Bertz CT molecular complexity index is 966. The van der Waals surface area contributed by atoms with Crippen molar-refractivity contribution in [3.63, 3.8) is 0 Å². The van der Waals surface area contributed by atoms with Gasteiger partial charge in [-0.1, -0.05) is 6.07 Å². The van der Waals surface area contributed by atoms with Crippen molar-refractivity contribution in [2.75, 3.05) is 26.2 Å². The lowest BCUT2D eigenvalue weighted by Gasteiger charge is -2.34. The van der Waals surface area contributed by atoms with Gasteiger partial charge in [0.05, 0.1) is 4.90 Å². The zero-order valence-corrected chi connectivity index (χ0v) is 17.3. The zero-order valence-electron chi connectivity index (χ0n) is 16.5. The highest BCUT2D eigenvalue weighted by molar-refractivity contribution is 7.89. The largest absolute Gasteiger partial charge is 0.340 e. The van der Waals surface area contributed by atoms with Crippen LogP contribution in [0.3, 0.4) is 0 Å². The Morgan fingerprint density at radius 2 is 1.83 bits per heavy atom. The molecule has 0 spiro atoms. The van der Waals surface area contributed by atoms with E-state index in [0.717, 1.165) is 24.8 Å². The number of hydrogen-bond acceptors (Lipinski definition) is 5. The normalized spacial score (nSPS) is 20.3. The maximum atomic E-state index is 13.0. The molecule has 0 aromatic heterocycles. The SMILES string of the molecule is C#CCCC1(CCC(=O)N2CCN(S(=O)(=O)c3ccc4c(c3)CCC4)CC2)N=N1. The number of benzene rings is 1. The summed E-state index contributed by atoms with van der Waals surface area (Å²) >= 11 is 0. The van der Waals surface area contributed by atoms with Crippen LogP contribution in [-0.4, -0.2) is 55.4 Å². The highest BCUT2D eigenvalue weighted by Crippen LogP contribution is 2.37. The molecule has 2 heterocycles. The molecule has 1 saturated heterocycles. The first kappa shape index (κ1) is 20.0. The highest BCUT2D eigenvalue weighted by atomic mass is 32.2. The second-order valence-corrected chi connectivity index (χ2v) is 9.89. The topological polar surface area (TPSA) is 82.4 Å². The summed E-state index contributed by atoms with van der Waals surface area (Å²) in [7, 11) is -3.52. The number of hydrogen-bond donors (Lipinski definition) is 0. The van der Waals surface area contributed by atoms with E-state index in [2.05, 4.69) is 16.1 Å². The second-order valence-electron chi connectivity index (χ2n) is 7.96. The van der Waals surface area contributed by atoms with E-state index < -0.39 is 15.7 Å². The van der Waals surface area contributed by atoms with Crippen molar-refractivity contribution in [2.45, 2.75) is 55.5 Å². The molecule has 4 rings (SSSR count). The lowest BCUT2D eigenvalue weighted by Crippen LogP contribution is -2.50. The molecule has 0 unspecified atom stereocenters. The van der Waals surface area contributed by atoms with Gasteiger partial charge in [0.15, 0.2) is 5.66 Å². The third-order valence-electron chi connectivity index (χ3n) is 6.09. The maximum absolute atomic E-state index is 13.0. The Morgan fingerprint density at radius 1 is 1.10 bits per heavy atom. The number of nitrogens with zero attached hydrogens (tertiary/aromatic N) is 4. The Labute approximate surface area is 172 Å². The van der Waals surface area contributed by atoms with Crippen LogP contribution in [0.4, 0.5) is 0 Å².